The number of nitrogens with one attached hydrogen (secondary N) is 1. The number of aromatic nitrogens is 2. The van der Waals surface area contributed by atoms with Gasteiger partial charge in [-0.3, -0.25) is 0 Å². The molecule has 1 heterocycles. The van der Waals surface area contributed by atoms with Crippen LogP contribution in [0.5, 0.6) is 5.88 Å². The van der Waals surface area contributed by atoms with Gasteiger partial charge in [-0.25, -0.2) is 4.98 Å². The van der Waals surface area contributed by atoms with Gasteiger partial charge >= 0.3 is 0 Å². The first-order chi connectivity index (χ1) is 9.91. The van der Waals surface area contributed by atoms with E-state index < -0.39 is 0 Å². The van der Waals surface area contributed by atoms with E-state index in [0.717, 1.165) is 37.3 Å². The highest BCUT2D eigenvalue weighted by molar-refractivity contribution is 5.37. The average Bonchev–Trinajstić information content (AvgIpc) is 2.36. The number of rotatable bonds is 5. The second kappa shape index (κ2) is 6.63. The number of anilines is 1. The van der Waals surface area contributed by atoms with E-state index in [1.54, 1.807) is 0 Å². The van der Waals surface area contributed by atoms with E-state index in [2.05, 4.69) is 43.0 Å². The summed E-state index contributed by atoms with van der Waals surface area (Å²) >= 11 is 0. The highest BCUT2D eigenvalue weighted by Crippen LogP contribution is 2.39. The molecule has 0 radical (unpaired) electrons. The molecule has 0 aromatic carbocycles. The summed E-state index contributed by atoms with van der Waals surface area (Å²) in [4.78, 5) is 9.04. The summed E-state index contributed by atoms with van der Waals surface area (Å²) in [5.74, 6) is 3.13. The lowest BCUT2D eigenvalue weighted by Crippen LogP contribution is -2.34. The van der Waals surface area contributed by atoms with Crippen molar-refractivity contribution in [3.63, 3.8) is 0 Å². The van der Waals surface area contributed by atoms with Crippen molar-refractivity contribution >= 4 is 5.82 Å². The SMILES string of the molecule is CCCc1nc(NC)cc(OC2CC(C)CC(C)(C)C2)n1. The van der Waals surface area contributed by atoms with E-state index in [1.165, 1.54) is 6.42 Å². The molecule has 2 rings (SSSR count). The fourth-order valence-corrected chi connectivity index (χ4v) is 3.52. The lowest BCUT2D eigenvalue weighted by molar-refractivity contribution is 0.0531. The van der Waals surface area contributed by atoms with Gasteiger partial charge in [-0.2, -0.15) is 4.98 Å². The molecule has 0 aliphatic heterocycles. The van der Waals surface area contributed by atoms with Crippen molar-refractivity contribution in [2.75, 3.05) is 12.4 Å². The summed E-state index contributed by atoms with van der Waals surface area (Å²) in [7, 11) is 1.88. The summed E-state index contributed by atoms with van der Waals surface area (Å²) in [6.45, 7) is 9.13. The van der Waals surface area contributed by atoms with Crippen LogP contribution in [-0.4, -0.2) is 23.1 Å². The normalized spacial score (nSPS) is 24.6. The molecule has 1 aliphatic carbocycles. The zero-order valence-corrected chi connectivity index (χ0v) is 14.1. The Morgan fingerprint density at radius 1 is 1.33 bits per heavy atom. The molecule has 118 valence electrons. The third-order valence-corrected chi connectivity index (χ3v) is 4.11. The maximum absolute atomic E-state index is 6.20. The zero-order valence-electron chi connectivity index (χ0n) is 14.1. The first-order valence-electron chi connectivity index (χ1n) is 8.14. The molecule has 2 unspecified atom stereocenters. The lowest BCUT2D eigenvalue weighted by atomic mass is 9.71. The Bertz CT molecular complexity index is 473. The number of aryl methyl sites for hydroxylation is 1. The maximum Gasteiger partial charge on any atom is 0.218 e. The van der Waals surface area contributed by atoms with E-state index in [1.807, 2.05) is 13.1 Å². The van der Waals surface area contributed by atoms with E-state index in [9.17, 15) is 0 Å². The smallest absolute Gasteiger partial charge is 0.218 e. The van der Waals surface area contributed by atoms with Crippen LogP contribution in [0.25, 0.3) is 0 Å². The number of ether oxygens (including phenoxy) is 1. The minimum absolute atomic E-state index is 0.262. The Hall–Kier alpha value is -1.32. The summed E-state index contributed by atoms with van der Waals surface area (Å²) in [5.41, 5.74) is 0.355. The molecule has 21 heavy (non-hydrogen) atoms. The molecule has 1 aliphatic rings. The van der Waals surface area contributed by atoms with Crippen molar-refractivity contribution in [3.8, 4) is 5.88 Å². The molecule has 1 saturated carbocycles. The van der Waals surface area contributed by atoms with Gasteiger partial charge in [0.15, 0.2) is 0 Å². The summed E-state index contributed by atoms with van der Waals surface area (Å²) < 4.78 is 6.20. The lowest BCUT2D eigenvalue weighted by Gasteiger charge is -2.38. The third kappa shape index (κ3) is 4.58. The topological polar surface area (TPSA) is 47.0 Å². The van der Waals surface area contributed by atoms with E-state index >= 15 is 0 Å². The first-order valence-corrected chi connectivity index (χ1v) is 8.14. The van der Waals surface area contributed by atoms with Gasteiger partial charge in [0.2, 0.25) is 5.88 Å². The molecule has 1 fully saturated rings. The van der Waals surface area contributed by atoms with Gasteiger partial charge in [-0.05, 0) is 37.0 Å². The first kappa shape index (κ1) is 16.1. The van der Waals surface area contributed by atoms with Crippen molar-refractivity contribution in [2.45, 2.75) is 65.9 Å². The molecule has 0 saturated heterocycles. The molecule has 0 amide bonds. The van der Waals surface area contributed by atoms with Gasteiger partial charge in [0.05, 0.1) is 0 Å². The van der Waals surface area contributed by atoms with Crippen LogP contribution in [0, 0.1) is 11.3 Å². The standard InChI is InChI=1S/C17H29N3O/c1-6-7-14-19-15(18-5)9-16(20-14)21-13-8-12(2)10-17(3,4)11-13/h9,12-13H,6-8,10-11H2,1-5H3,(H,18,19,20). The second-order valence-corrected chi connectivity index (χ2v) is 7.16. The van der Waals surface area contributed by atoms with Gasteiger partial charge in [0.25, 0.3) is 0 Å². The van der Waals surface area contributed by atoms with Crippen molar-refractivity contribution in [3.05, 3.63) is 11.9 Å². The second-order valence-electron chi connectivity index (χ2n) is 7.16. The largest absolute Gasteiger partial charge is 0.474 e. The Morgan fingerprint density at radius 2 is 2.10 bits per heavy atom. The Labute approximate surface area is 128 Å². The monoisotopic (exact) mass is 291 g/mol. The molecule has 1 N–H and O–H groups in total. The number of hydrogen-bond acceptors (Lipinski definition) is 4. The van der Waals surface area contributed by atoms with E-state index in [0.29, 0.717) is 17.2 Å². The van der Waals surface area contributed by atoms with Gasteiger partial charge in [-0.15, -0.1) is 0 Å². The van der Waals surface area contributed by atoms with Gasteiger partial charge in [0, 0.05) is 19.5 Å². The predicted octanol–water partition coefficient (Wildman–Crippen LogP) is 4.06. The van der Waals surface area contributed by atoms with Crippen LogP contribution >= 0.6 is 0 Å². The van der Waals surface area contributed by atoms with E-state index in [-0.39, 0.29) is 6.10 Å². The Balaban J connectivity index is 2.12. The fraction of sp³-hybridized carbons (Fsp3) is 0.765. The highest BCUT2D eigenvalue weighted by atomic mass is 16.5. The van der Waals surface area contributed by atoms with Crippen LogP contribution in [0.3, 0.4) is 0 Å². The summed E-state index contributed by atoms with van der Waals surface area (Å²) in [6.07, 6.45) is 5.68. The van der Waals surface area contributed by atoms with Crippen LogP contribution in [0.2, 0.25) is 0 Å². The molecule has 4 heteroatoms. The Morgan fingerprint density at radius 3 is 2.71 bits per heavy atom. The van der Waals surface area contributed by atoms with Crippen LogP contribution < -0.4 is 10.1 Å². The number of nitrogens with zero attached hydrogens (tertiary/aromatic N) is 2. The van der Waals surface area contributed by atoms with Crippen molar-refractivity contribution in [2.24, 2.45) is 11.3 Å². The van der Waals surface area contributed by atoms with Crippen LogP contribution in [0.4, 0.5) is 5.82 Å². The van der Waals surface area contributed by atoms with Crippen molar-refractivity contribution in [1.82, 2.24) is 9.97 Å². The van der Waals surface area contributed by atoms with Crippen LogP contribution in [-0.2, 0) is 6.42 Å². The molecular formula is C17H29N3O. The molecular weight excluding hydrogens is 262 g/mol. The van der Waals surface area contributed by atoms with Crippen LogP contribution in [0.1, 0.15) is 59.2 Å². The summed E-state index contributed by atoms with van der Waals surface area (Å²) in [6, 6.07) is 1.91. The molecule has 4 nitrogen and oxygen atoms in total. The predicted molar refractivity (Wildman–Crippen MR) is 86.8 cm³/mol. The van der Waals surface area contributed by atoms with Gasteiger partial charge in [0.1, 0.15) is 17.7 Å². The molecule has 1 aromatic rings. The quantitative estimate of drug-likeness (QED) is 0.888. The highest BCUT2D eigenvalue weighted by Gasteiger charge is 2.33. The van der Waals surface area contributed by atoms with Crippen molar-refractivity contribution in [1.29, 1.82) is 0 Å². The summed E-state index contributed by atoms with van der Waals surface area (Å²) in [5, 5.41) is 3.10. The number of hydrogen-bond donors (Lipinski definition) is 1. The zero-order chi connectivity index (χ0) is 15.5. The minimum Gasteiger partial charge on any atom is -0.474 e. The van der Waals surface area contributed by atoms with Crippen LogP contribution in [0.15, 0.2) is 6.07 Å². The Kier molecular flexibility index (Phi) is 5.07. The molecule has 1 aromatic heterocycles. The van der Waals surface area contributed by atoms with Crippen molar-refractivity contribution < 1.29 is 4.74 Å². The maximum atomic E-state index is 6.20. The molecule has 0 bridgehead atoms. The van der Waals surface area contributed by atoms with Gasteiger partial charge in [-0.1, -0.05) is 27.7 Å². The third-order valence-electron chi connectivity index (χ3n) is 4.11. The minimum atomic E-state index is 0.262. The molecule has 0 spiro atoms. The average molecular weight is 291 g/mol. The fourth-order valence-electron chi connectivity index (χ4n) is 3.52. The van der Waals surface area contributed by atoms with Gasteiger partial charge < -0.3 is 10.1 Å². The van der Waals surface area contributed by atoms with E-state index in [4.69, 9.17) is 4.74 Å². The molecule has 2 atom stereocenters.